The summed E-state index contributed by atoms with van der Waals surface area (Å²) in [6.45, 7) is 2.27. The molecule has 0 fully saturated rings. The number of benzene rings is 3. The van der Waals surface area contributed by atoms with Crippen LogP contribution in [-0.4, -0.2) is 29.1 Å². The fourth-order valence-corrected chi connectivity index (χ4v) is 3.33. The van der Waals surface area contributed by atoms with Gasteiger partial charge in [-0.25, -0.2) is 0 Å². The SMILES string of the molecule is CCN(C(=O)c1cc2ccccc2cc1NC=S)C(C=O)c1ccccc1. The van der Waals surface area contributed by atoms with Crippen LogP contribution in [-0.2, 0) is 4.79 Å². The number of likely N-dealkylation sites (N-methyl/N-ethyl adjacent to an activating group) is 1. The van der Waals surface area contributed by atoms with Gasteiger partial charge < -0.3 is 15.0 Å². The number of fused-ring (bicyclic) bond motifs is 1. The van der Waals surface area contributed by atoms with Gasteiger partial charge >= 0.3 is 0 Å². The number of hydrogen-bond donors (Lipinski definition) is 1. The van der Waals surface area contributed by atoms with Gasteiger partial charge in [0, 0.05) is 6.54 Å². The molecule has 0 saturated heterocycles. The number of nitrogens with zero attached hydrogens (tertiary/aromatic N) is 1. The van der Waals surface area contributed by atoms with Crippen molar-refractivity contribution in [1.82, 2.24) is 4.90 Å². The maximum atomic E-state index is 13.4. The summed E-state index contributed by atoms with van der Waals surface area (Å²) in [5, 5.41) is 4.94. The van der Waals surface area contributed by atoms with Crippen LogP contribution in [0.3, 0.4) is 0 Å². The Kier molecular flexibility index (Phi) is 5.94. The molecule has 0 bridgehead atoms. The van der Waals surface area contributed by atoms with Crippen molar-refractivity contribution in [2.75, 3.05) is 11.9 Å². The number of aldehydes is 1. The van der Waals surface area contributed by atoms with E-state index in [1.807, 2.05) is 73.7 Å². The largest absolute Gasteiger partial charge is 0.352 e. The minimum Gasteiger partial charge on any atom is -0.352 e. The average molecular weight is 376 g/mol. The average Bonchev–Trinajstić information content (AvgIpc) is 2.71. The molecule has 1 unspecified atom stereocenters. The fourth-order valence-electron chi connectivity index (χ4n) is 3.20. The third-order valence-electron chi connectivity index (χ3n) is 4.54. The van der Waals surface area contributed by atoms with Gasteiger partial charge in [0.05, 0.1) is 16.7 Å². The Morgan fingerprint density at radius 3 is 2.30 bits per heavy atom. The van der Waals surface area contributed by atoms with Crippen LogP contribution in [0.25, 0.3) is 10.8 Å². The molecule has 0 saturated carbocycles. The van der Waals surface area contributed by atoms with Crippen molar-refractivity contribution in [3.63, 3.8) is 0 Å². The lowest BCUT2D eigenvalue weighted by Crippen LogP contribution is -2.36. The first-order valence-corrected chi connectivity index (χ1v) is 9.21. The van der Waals surface area contributed by atoms with E-state index in [9.17, 15) is 9.59 Å². The monoisotopic (exact) mass is 376 g/mol. The summed E-state index contributed by atoms with van der Waals surface area (Å²) in [6.07, 6.45) is 0.810. The molecular formula is C22H20N2O2S. The first kappa shape index (κ1) is 18.7. The van der Waals surface area contributed by atoms with E-state index in [1.54, 1.807) is 4.90 Å². The zero-order chi connectivity index (χ0) is 19.2. The van der Waals surface area contributed by atoms with Gasteiger partial charge in [-0.05, 0) is 35.4 Å². The first-order valence-electron chi connectivity index (χ1n) is 8.73. The lowest BCUT2D eigenvalue weighted by atomic mass is 10.0. The van der Waals surface area contributed by atoms with Gasteiger partial charge in [0.25, 0.3) is 5.91 Å². The van der Waals surface area contributed by atoms with Gasteiger partial charge in [0.15, 0.2) is 0 Å². The predicted molar refractivity (Wildman–Crippen MR) is 113 cm³/mol. The first-order chi connectivity index (χ1) is 13.2. The molecule has 5 heteroatoms. The Balaban J connectivity index is 2.07. The zero-order valence-electron chi connectivity index (χ0n) is 15.0. The van der Waals surface area contributed by atoms with Gasteiger partial charge in [0.2, 0.25) is 0 Å². The van der Waals surface area contributed by atoms with E-state index in [-0.39, 0.29) is 5.91 Å². The second kappa shape index (κ2) is 8.56. The molecule has 1 atom stereocenters. The Morgan fingerprint density at radius 2 is 1.70 bits per heavy atom. The maximum absolute atomic E-state index is 13.4. The van der Waals surface area contributed by atoms with Crippen LogP contribution < -0.4 is 5.32 Å². The zero-order valence-corrected chi connectivity index (χ0v) is 15.8. The molecule has 3 aromatic rings. The summed E-state index contributed by atoms with van der Waals surface area (Å²) in [5.74, 6) is -0.219. The molecular weight excluding hydrogens is 356 g/mol. The summed E-state index contributed by atoms with van der Waals surface area (Å²) in [7, 11) is 0. The Bertz CT molecular complexity index is 972. The molecule has 3 aromatic carbocycles. The normalized spacial score (nSPS) is 11.6. The van der Waals surface area contributed by atoms with Crippen LogP contribution in [0.5, 0.6) is 0 Å². The van der Waals surface area contributed by atoms with Crippen molar-refractivity contribution in [2.24, 2.45) is 0 Å². The van der Waals surface area contributed by atoms with E-state index in [0.717, 1.165) is 22.6 Å². The molecule has 136 valence electrons. The second-order valence-electron chi connectivity index (χ2n) is 6.09. The van der Waals surface area contributed by atoms with E-state index >= 15 is 0 Å². The van der Waals surface area contributed by atoms with E-state index < -0.39 is 6.04 Å². The quantitative estimate of drug-likeness (QED) is 0.483. The van der Waals surface area contributed by atoms with E-state index in [4.69, 9.17) is 12.2 Å². The smallest absolute Gasteiger partial charge is 0.256 e. The van der Waals surface area contributed by atoms with Crippen LogP contribution in [0.1, 0.15) is 28.9 Å². The standard InChI is InChI=1S/C22H20N2O2S/c1-2-24(21(14-25)16-8-4-3-5-9-16)22(26)19-12-17-10-6-7-11-18(17)13-20(19)23-15-27/h3-15,21H,2H2,1H3,(H,23,27). The van der Waals surface area contributed by atoms with E-state index in [1.165, 1.54) is 5.49 Å². The summed E-state index contributed by atoms with van der Waals surface area (Å²) in [5.41, 5.74) is 3.28. The molecule has 0 aliphatic rings. The minimum absolute atomic E-state index is 0.219. The van der Waals surface area contributed by atoms with E-state index in [0.29, 0.717) is 17.8 Å². The molecule has 3 rings (SSSR count). The molecule has 0 heterocycles. The van der Waals surface area contributed by atoms with Crippen LogP contribution in [0.4, 0.5) is 5.69 Å². The van der Waals surface area contributed by atoms with Crippen LogP contribution >= 0.6 is 12.2 Å². The summed E-state index contributed by atoms with van der Waals surface area (Å²) >= 11 is 4.93. The highest BCUT2D eigenvalue weighted by Gasteiger charge is 2.26. The predicted octanol–water partition coefficient (Wildman–Crippen LogP) is 4.61. The van der Waals surface area contributed by atoms with Crippen LogP contribution in [0.2, 0.25) is 0 Å². The van der Waals surface area contributed by atoms with Crippen LogP contribution in [0.15, 0.2) is 66.7 Å². The number of amides is 1. The van der Waals surface area contributed by atoms with Crippen LogP contribution in [0, 0.1) is 0 Å². The second-order valence-corrected chi connectivity index (χ2v) is 6.33. The fraction of sp³-hybridized carbons (Fsp3) is 0.136. The van der Waals surface area contributed by atoms with Crippen molar-refractivity contribution in [3.8, 4) is 0 Å². The number of thiocarbonyl (C=S) groups is 1. The molecule has 4 nitrogen and oxygen atoms in total. The van der Waals surface area contributed by atoms with Crippen molar-refractivity contribution in [2.45, 2.75) is 13.0 Å². The highest BCUT2D eigenvalue weighted by atomic mass is 32.1. The number of carbonyl (C=O) groups is 2. The molecule has 27 heavy (non-hydrogen) atoms. The molecule has 1 N–H and O–H groups in total. The Hall–Kier alpha value is -3.05. The molecule has 0 radical (unpaired) electrons. The van der Waals surface area contributed by atoms with Gasteiger partial charge in [-0.15, -0.1) is 0 Å². The van der Waals surface area contributed by atoms with Crippen molar-refractivity contribution in [3.05, 3.63) is 77.9 Å². The summed E-state index contributed by atoms with van der Waals surface area (Å²) < 4.78 is 0. The van der Waals surface area contributed by atoms with E-state index in [2.05, 4.69) is 5.32 Å². The molecule has 1 amide bonds. The summed E-state index contributed by atoms with van der Waals surface area (Å²) in [6, 6.07) is 20.2. The summed E-state index contributed by atoms with van der Waals surface area (Å²) in [4.78, 5) is 26.8. The molecule has 0 aliphatic heterocycles. The third-order valence-corrected chi connectivity index (χ3v) is 4.66. The van der Waals surface area contributed by atoms with Gasteiger partial charge in [-0.2, -0.15) is 0 Å². The van der Waals surface area contributed by atoms with Gasteiger partial charge in [-0.3, -0.25) is 4.79 Å². The lowest BCUT2D eigenvalue weighted by molar-refractivity contribution is -0.111. The highest BCUT2D eigenvalue weighted by Crippen LogP contribution is 2.28. The lowest BCUT2D eigenvalue weighted by Gasteiger charge is -2.28. The van der Waals surface area contributed by atoms with Crippen molar-refractivity contribution in [1.29, 1.82) is 0 Å². The Labute approximate surface area is 163 Å². The number of anilines is 1. The topological polar surface area (TPSA) is 49.4 Å². The van der Waals surface area contributed by atoms with Gasteiger partial charge in [-0.1, -0.05) is 66.8 Å². The number of hydrogen-bond acceptors (Lipinski definition) is 3. The number of rotatable bonds is 7. The molecule has 0 spiro atoms. The maximum Gasteiger partial charge on any atom is 0.256 e. The molecule has 0 aliphatic carbocycles. The third kappa shape index (κ3) is 3.88. The number of nitrogens with one attached hydrogen (secondary N) is 1. The minimum atomic E-state index is -0.643. The highest BCUT2D eigenvalue weighted by molar-refractivity contribution is 7.79. The number of carbonyl (C=O) groups excluding carboxylic acids is 2. The Morgan fingerprint density at radius 1 is 1.07 bits per heavy atom. The van der Waals surface area contributed by atoms with Crippen molar-refractivity contribution >= 4 is 46.4 Å². The van der Waals surface area contributed by atoms with Crippen molar-refractivity contribution < 1.29 is 9.59 Å². The van der Waals surface area contributed by atoms with Gasteiger partial charge in [0.1, 0.15) is 12.3 Å². The molecule has 0 aromatic heterocycles.